The van der Waals surface area contributed by atoms with Gasteiger partial charge in [0.05, 0.1) is 10.5 Å². The molecule has 3 rings (SSSR count). The summed E-state index contributed by atoms with van der Waals surface area (Å²) in [5.74, 6) is 0. The number of fused-ring (bicyclic) bond motifs is 1. The first kappa shape index (κ1) is 15.3. The van der Waals surface area contributed by atoms with Crippen molar-refractivity contribution in [2.75, 3.05) is 6.54 Å². The van der Waals surface area contributed by atoms with Gasteiger partial charge in [-0.3, -0.25) is 0 Å². The minimum Gasteiger partial charge on any atom is -0.346 e. The van der Waals surface area contributed by atoms with E-state index in [9.17, 15) is 8.42 Å². The predicted molar refractivity (Wildman–Crippen MR) is 88.3 cm³/mol. The largest absolute Gasteiger partial charge is 0.346 e. The highest BCUT2D eigenvalue weighted by Gasteiger charge is 2.17. The number of benzene rings is 2. The second-order valence-corrected chi connectivity index (χ2v) is 6.81. The summed E-state index contributed by atoms with van der Waals surface area (Å²) in [4.78, 5) is 0.0138. The first-order chi connectivity index (χ1) is 11.1. The fourth-order valence-corrected chi connectivity index (χ4v) is 3.68. The number of rotatable bonds is 5. The molecule has 0 radical (unpaired) electrons. The summed E-state index contributed by atoms with van der Waals surface area (Å²) in [5.41, 5.74) is 1.20. The predicted octanol–water partition coefficient (Wildman–Crippen LogP) is 2.49. The van der Waals surface area contributed by atoms with Crippen LogP contribution < -0.4 is 4.72 Å². The Morgan fingerprint density at radius 2 is 1.78 bits per heavy atom. The van der Waals surface area contributed by atoms with Gasteiger partial charge in [-0.1, -0.05) is 30.3 Å². The van der Waals surface area contributed by atoms with Crippen LogP contribution in [0.15, 0.2) is 65.7 Å². The highest BCUT2D eigenvalue weighted by molar-refractivity contribution is 7.89. The van der Waals surface area contributed by atoms with Crippen LogP contribution in [0.4, 0.5) is 0 Å². The first-order valence-electron chi connectivity index (χ1n) is 7.14. The Bertz CT molecular complexity index is 984. The van der Waals surface area contributed by atoms with Crippen LogP contribution in [-0.4, -0.2) is 19.5 Å². The zero-order valence-electron chi connectivity index (χ0n) is 12.3. The smallest absolute Gasteiger partial charge is 0.241 e. The molecule has 0 fully saturated rings. The molecule has 0 bridgehead atoms. The van der Waals surface area contributed by atoms with Crippen molar-refractivity contribution < 1.29 is 8.42 Å². The van der Waals surface area contributed by atoms with Crippen LogP contribution in [0.25, 0.3) is 10.9 Å². The van der Waals surface area contributed by atoms with Gasteiger partial charge in [0, 0.05) is 24.8 Å². The average molecular weight is 325 g/mol. The molecule has 0 amide bonds. The van der Waals surface area contributed by atoms with E-state index in [-0.39, 0.29) is 17.0 Å². The van der Waals surface area contributed by atoms with E-state index in [0.717, 1.165) is 10.9 Å². The molecule has 0 spiro atoms. The van der Waals surface area contributed by atoms with Crippen molar-refractivity contribution in [2.45, 2.75) is 11.4 Å². The number of aromatic nitrogens is 1. The van der Waals surface area contributed by atoms with Gasteiger partial charge in [0.1, 0.15) is 6.07 Å². The molecular weight excluding hydrogens is 310 g/mol. The second kappa shape index (κ2) is 6.24. The average Bonchev–Trinajstić information content (AvgIpc) is 2.98. The lowest BCUT2D eigenvalue weighted by atomic mass is 10.2. The van der Waals surface area contributed by atoms with Crippen LogP contribution in [0.5, 0.6) is 0 Å². The molecule has 1 heterocycles. The number of para-hydroxylation sites is 1. The normalized spacial score (nSPS) is 11.4. The lowest BCUT2D eigenvalue weighted by Crippen LogP contribution is -2.27. The van der Waals surface area contributed by atoms with Crippen LogP contribution in [0, 0.1) is 11.3 Å². The van der Waals surface area contributed by atoms with E-state index in [0.29, 0.717) is 6.54 Å². The van der Waals surface area contributed by atoms with Crippen molar-refractivity contribution in [2.24, 2.45) is 0 Å². The molecule has 0 atom stereocenters. The van der Waals surface area contributed by atoms with Crippen molar-refractivity contribution >= 4 is 20.9 Å². The molecule has 0 aliphatic rings. The van der Waals surface area contributed by atoms with Crippen LogP contribution in [0.3, 0.4) is 0 Å². The van der Waals surface area contributed by atoms with Gasteiger partial charge in [-0.25, -0.2) is 13.1 Å². The Morgan fingerprint density at radius 3 is 2.61 bits per heavy atom. The van der Waals surface area contributed by atoms with Gasteiger partial charge in [-0.2, -0.15) is 5.26 Å². The Labute approximate surface area is 134 Å². The second-order valence-electron chi connectivity index (χ2n) is 5.07. The van der Waals surface area contributed by atoms with E-state index < -0.39 is 10.0 Å². The van der Waals surface area contributed by atoms with Gasteiger partial charge in [-0.05, 0) is 29.7 Å². The standard InChI is InChI=1S/C17H15N3O2S/c18-13-15-6-2-4-8-17(15)23(21,22)19-10-12-20-11-9-14-5-1-3-7-16(14)20/h1-9,11,19H,10,12H2. The lowest BCUT2D eigenvalue weighted by Gasteiger charge is -2.09. The maximum absolute atomic E-state index is 12.3. The molecule has 0 aliphatic heterocycles. The zero-order valence-corrected chi connectivity index (χ0v) is 13.1. The third-order valence-corrected chi connectivity index (χ3v) is 5.14. The summed E-state index contributed by atoms with van der Waals surface area (Å²) in [7, 11) is -3.70. The van der Waals surface area contributed by atoms with Crippen LogP contribution >= 0.6 is 0 Å². The minimum atomic E-state index is -3.70. The van der Waals surface area contributed by atoms with Crippen molar-refractivity contribution in [3.05, 3.63) is 66.4 Å². The van der Waals surface area contributed by atoms with E-state index in [1.807, 2.05) is 47.2 Å². The highest BCUT2D eigenvalue weighted by Crippen LogP contribution is 2.16. The molecule has 23 heavy (non-hydrogen) atoms. The van der Waals surface area contributed by atoms with E-state index in [2.05, 4.69) is 4.72 Å². The molecule has 116 valence electrons. The number of nitrogens with zero attached hydrogens (tertiary/aromatic N) is 2. The SMILES string of the molecule is N#Cc1ccccc1S(=O)(=O)NCCn1ccc2ccccc21. The molecule has 1 aromatic heterocycles. The van der Waals surface area contributed by atoms with Crippen molar-refractivity contribution in [1.29, 1.82) is 5.26 Å². The van der Waals surface area contributed by atoms with Crippen molar-refractivity contribution in [3.8, 4) is 6.07 Å². The summed E-state index contributed by atoms with van der Waals surface area (Å²) < 4.78 is 29.2. The maximum Gasteiger partial charge on any atom is 0.241 e. The van der Waals surface area contributed by atoms with Gasteiger partial charge in [-0.15, -0.1) is 0 Å². The van der Waals surface area contributed by atoms with Crippen LogP contribution in [-0.2, 0) is 16.6 Å². The van der Waals surface area contributed by atoms with Crippen molar-refractivity contribution in [1.82, 2.24) is 9.29 Å². The first-order valence-corrected chi connectivity index (χ1v) is 8.63. The van der Waals surface area contributed by atoms with E-state index >= 15 is 0 Å². The third-order valence-electron chi connectivity index (χ3n) is 3.62. The summed E-state index contributed by atoms with van der Waals surface area (Å²) >= 11 is 0. The van der Waals surface area contributed by atoms with Gasteiger partial charge < -0.3 is 4.57 Å². The zero-order chi connectivity index (χ0) is 16.3. The Morgan fingerprint density at radius 1 is 1.04 bits per heavy atom. The molecule has 6 heteroatoms. The topological polar surface area (TPSA) is 74.9 Å². The molecule has 0 aliphatic carbocycles. The van der Waals surface area contributed by atoms with Crippen LogP contribution in [0.1, 0.15) is 5.56 Å². The van der Waals surface area contributed by atoms with Gasteiger partial charge in [0.25, 0.3) is 0 Å². The Kier molecular flexibility index (Phi) is 4.15. The molecule has 3 aromatic rings. The van der Waals surface area contributed by atoms with Crippen molar-refractivity contribution in [3.63, 3.8) is 0 Å². The number of sulfonamides is 1. The Balaban J connectivity index is 1.74. The Hall–Kier alpha value is -2.62. The van der Waals surface area contributed by atoms with Crippen LogP contribution in [0.2, 0.25) is 0 Å². The summed E-state index contributed by atoms with van der Waals surface area (Å²) in [6.07, 6.45) is 1.93. The lowest BCUT2D eigenvalue weighted by molar-refractivity contribution is 0.574. The quantitative estimate of drug-likeness (QED) is 0.783. The third kappa shape index (κ3) is 3.11. The number of nitrogens with one attached hydrogen (secondary N) is 1. The number of nitriles is 1. The van der Waals surface area contributed by atoms with E-state index in [1.54, 1.807) is 12.1 Å². The molecule has 1 N–H and O–H groups in total. The monoisotopic (exact) mass is 325 g/mol. The summed E-state index contributed by atoms with van der Waals surface area (Å²) in [6, 6.07) is 18.0. The number of hydrogen-bond acceptors (Lipinski definition) is 3. The fraction of sp³-hybridized carbons (Fsp3) is 0.118. The fourth-order valence-electron chi connectivity index (χ4n) is 2.51. The maximum atomic E-state index is 12.3. The molecule has 0 saturated carbocycles. The molecule has 2 aromatic carbocycles. The van der Waals surface area contributed by atoms with E-state index in [4.69, 9.17) is 5.26 Å². The summed E-state index contributed by atoms with van der Waals surface area (Å²) in [6.45, 7) is 0.766. The van der Waals surface area contributed by atoms with Gasteiger partial charge >= 0.3 is 0 Å². The molecule has 5 nitrogen and oxygen atoms in total. The molecular formula is C17H15N3O2S. The highest BCUT2D eigenvalue weighted by atomic mass is 32.2. The molecule has 0 unspecified atom stereocenters. The van der Waals surface area contributed by atoms with Gasteiger partial charge in [0.2, 0.25) is 10.0 Å². The summed E-state index contributed by atoms with van der Waals surface area (Å²) in [5, 5.41) is 10.1. The number of hydrogen-bond donors (Lipinski definition) is 1. The van der Waals surface area contributed by atoms with Gasteiger partial charge in [0.15, 0.2) is 0 Å². The van der Waals surface area contributed by atoms with E-state index in [1.165, 1.54) is 12.1 Å². The molecule has 0 saturated heterocycles. The minimum absolute atomic E-state index is 0.0138.